The molecular weight excluding hydrogens is 386 g/mol. The lowest BCUT2D eigenvalue weighted by Crippen LogP contribution is -2.26. The summed E-state index contributed by atoms with van der Waals surface area (Å²) in [6, 6.07) is 24.7. The predicted molar refractivity (Wildman–Crippen MR) is 124 cm³/mol. The van der Waals surface area contributed by atoms with E-state index < -0.39 is 0 Å². The molecule has 1 amide bonds. The normalized spacial score (nSPS) is 12.5. The summed E-state index contributed by atoms with van der Waals surface area (Å²) in [5, 5.41) is 11.9. The van der Waals surface area contributed by atoms with Crippen molar-refractivity contribution in [2.75, 3.05) is 19.8 Å². The van der Waals surface area contributed by atoms with Gasteiger partial charge in [0.15, 0.2) is 0 Å². The van der Waals surface area contributed by atoms with Crippen LogP contribution in [0.25, 0.3) is 17.2 Å². The molecule has 0 atom stereocenters. The van der Waals surface area contributed by atoms with Gasteiger partial charge in [0, 0.05) is 19.1 Å². The third-order valence-corrected chi connectivity index (χ3v) is 5.59. The van der Waals surface area contributed by atoms with Gasteiger partial charge in [0.1, 0.15) is 6.61 Å². The smallest absolute Gasteiger partial charge is 0.407 e. The number of fused-ring (bicyclic) bond motifs is 3. The lowest BCUT2D eigenvalue weighted by molar-refractivity contribution is 0.143. The number of carbonyl (C=O) groups excluding carboxylic acids is 1. The van der Waals surface area contributed by atoms with Gasteiger partial charge in [-0.25, -0.2) is 4.79 Å². The van der Waals surface area contributed by atoms with Crippen molar-refractivity contribution < 1.29 is 14.6 Å². The molecule has 3 aromatic rings. The highest BCUT2D eigenvalue weighted by molar-refractivity contribution is 5.79. The number of ether oxygens (including phenoxy) is 1. The fraction of sp³-hybridized carbons (Fsp3) is 0.222. The minimum Gasteiger partial charge on any atom is -0.449 e. The molecule has 0 unspecified atom stereocenters. The van der Waals surface area contributed by atoms with E-state index in [1.807, 2.05) is 54.6 Å². The molecule has 0 aromatic heterocycles. The molecule has 0 radical (unpaired) electrons. The number of hydrogen-bond acceptors (Lipinski definition) is 3. The number of benzene rings is 3. The Labute approximate surface area is 183 Å². The van der Waals surface area contributed by atoms with Gasteiger partial charge >= 0.3 is 6.09 Å². The number of rotatable bonds is 8. The zero-order chi connectivity index (χ0) is 21.5. The molecule has 2 N–H and O–H groups in total. The molecule has 0 heterocycles. The van der Waals surface area contributed by atoms with Crippen LogP contribution >= 0.6 is 0 Å². The van der Waals surface area contributed by atoms with E-state index in [2.05, 4.69) is 35.6 Å². The minimum atomic E-state index is -0.389. The van der Waals surface area contributed by atoms with Gasteiger partial charge in [-0.3, -0.25) is 0 Å². The lowest BCUT2D eigenvalue weighted by Gasteiger charge is -2.14. The standard InChI is InChI=1S/C27H27NO3/c29-17-15-21-10-7-9-20(18-21)8-5-6-16-28-27(30)31-19-26-24-13-3-1-11-22(24)23-12-2-4-14-25(23)26/h1-5,7-14,18,26,29H,6,15-17,19H2,(H,28,30). The van der Waals surface area contributed by atoms with Crippen LogP contribution in [0.4, 0.5) is 4.79 Å². The second kappa shape index (κ2) is 10.1. The molecule has 0 bridgehead atoms. The first-order valence-corrected chi connectivity index (χ1v) is 10.7. The predicted octanol–water partition coefficient (Wildman–Crippen LogP) is 5.16. The van der Waals surface area contributed by atoms with E-state index in [1.54, 1.807) is 0 Å². The van der Waals surface area contributed by atoms with Crippen molar-refractivity contribution in [2.45, 2.75) is 18.8 Å². The third-order valence-electron chi connectivity index (χ3n) is 5.59. The Balaban J connectivity index is 1.25. The maximum absolute atomic E-state index is 12.2. The van der Waals surface area contributed by atoms with E-state index in [0.29, 0.717) is 26.0 Å². The molecule has 4 rings (SSSR count). The fourth-order valence-electron chi connectivity index (χ4n) is 4.11. The summed E-state index contributed by atoms with van der Waals surface area (Å²) in [6.07, 6.45) is 5.04. The summed E-state index contributed by atoms with van der Waals surface area (Å²) < 4.78 is 5.55. The topological polar surface area (TPSA) is 58.6 Å². The zero-order valence-corrected chi connectivity index (χ0v) is 17.5. The number of aliphatic hydroxyl groups is 1. The van der Waals surface area contributed by atoms with Crippen LogP contribution in [-0.2, 0) is 11.2 Å². The molecule has 1 aliphatic rings. The van der Waals surface area contributed by atoms with E-state index in [0.717, 1.165) is 11.1 Å². The van der Waals surface area contributed by atoms with Crippen molar-refractivity contribution in [1.29, 1.82) is 0 Å². The first kappa shape index (κ1) is 20.9. The number of nitrogens with one attached hydrogen (secondary N) is 1. The van der Waals surface area contributed by atoms with E-state index >= 15 is 0 Å². The summed E-state index contributed by atoms with van der Waals surface area (Å²) in [5.41, 5.74) is 7.07. The molecule has 158 valence electrons. The Hall–Kier alpha value is -3.37. The summed E-state index contributed by atoms with van der Waals surface area (Å²) >= 11 is 0. The maximum atomic E-state index is 12.2. The third kappa shape index (κ3) is 5.04. The number of aliphatic hydroxyl groups excluding tert-OH is 1. The first-order chi connectivity index (χ1) is 15.3. The number of hydrogen-bond donors (Lipinski definition) is 2. The molecule has 31 heavy (non-hydrogen) atoms. The first-order valence-electron chi connectivity index (χ1n) is 10.7. The van der Waals surface area contributed by atoms with E-state index in [9.17, 15) is 4.79 Å². The highest BCUT2D eigenvalue weighted by Gasteiger charge is 2.28. The molecule has 0 saturated heterocycles. The fourth-order valence-corrected chi connectivity index (χ4v) is 4.11. The van der Waals surface area contributed by atoms with Crippen molar-refractivity contribution in [3.63, 3.8) is 0 Å². The Bertz CT molecular complexity index is 1030. The van der Waals surface area contributed by atoms with E-state index in [4.69, 9.17) is 9.84 Å². The van der Waals surface area contributed by atoms with Crippen LogP contribution in [0.1, 0.15) is 34.6 Å². The van der Waals surface area contributed by atoms with Gasteiger partial charge in [0.2, 0.25) is 0 Å². The Morgan fingerprint density at radius 1 is 0.968 bits per heavy atom. The van der Waals surface area contributed by atoms with Gasteiger partial charge in [0.05, 0.1) is 0 Å². The summed E-state index contributed by atoms with van der Waals surface area (Å²) in [7, 11) is 0. The van der Waals surface area contributed by atoms with Gasteiger partial charge in [-0.05, 0) is 46.2 Å². The molecule has 0 aliphatic heterocycles. The van der Waals surface area contributed by atoms with Gasteiger partial charge in [-0.2, -0.15) is 0 Å². The quantitative estimate of drug-likeness (QED) is 0.501. The summed E-state index contributed by atoms with van der Waals surface area (Å²) in [5.74, 6) is 0.0734. The molecule has 0 spiro atoms. The molecule has 3 aromatic carbocycles. The van der Waals surface area contributed by atoms with Crippen LogP contribution in [0, 0.1) is 0 Å². The van der Waals surface area contributed by atoms with Gasteiger partial charge in [-0.1, -0.05) is 84.9 Å². The number of alkyl carbamates (subject to hydrolysis) is 1. The second-order valence-corrected chi connectivity index (χ2v) is 7.66. The molecule has 4 heteroatoms. The van der Waals surface area contributed by atoms with E-state index in [-0.39, 0.29) is 18.6 Å². The van der Waals surface area contributed by atoms with Crippen molar-refractivity contribution in [1.82, 2.24) is 5.32 Å². The highest BCUT2D eigenvalue weighted by Crippen LogP contribution is 2.44. The van der Waals surface area contributed by atoms with Gasteiger partial charge in [-0.15, -0.1) is 0 Å². The van der Waals surface area contributed by atoms with Crippen LogP contribution < -0.4 is 5.32 Å². The zero-order valence-electron chi connectivity index (χ0n) is 17.5. The molecule has 0 fully saturated rings. The Kier molecular flexibility index (Phi) is 6.80. The van der Waals surface area contributed by atoms with Gasteiger partial charge in [0.25, 0.3) is 0 Å². The molecule has 4 nitrogen and oxygen atoms in total. The van der Waals surface area contributed by atoms with Gasteiger partial charge < -0.3 is 15.2 Å². The molecule has 1 aliphatic carbocycles. The minimum absolute atomic E-state index is 0.0734. The van der Waals surface area contributed by atoms with Crippen molar-refractivity contribution in [3.05, 3.63) is 101 Å². The van der Waals surface area contributed by atoms with Crippen molar-refractivity contribution in [2.24, 2.45) is 0 Å². The SMILES string of the molecule is O=C(NCCC=Cc1cccc(CCO)c1)OCC1c2ccccc2-c2ccccc21. The maximum Gasteiger partial charge on any atom is 0.407 e. The number of carbonyl (C=O) groups is 1. The summed E-state index contributed by atoms with van der Waals surface area (Å²) in [6.45, 7) is 0.994. The van der Waals surface area contributed by atoms with Crippen LogP contribution in [0.2, 0.25) is 0 Å². The average Bonchev–Trinajstić information content (AvgIpc) is 3.12. The second-order valence-electron chi connectivity index (χ2n) is 7.66. The number of amides is 1. The largest absolute Gasteiger partial charge is 0.449 e. The Morgan fingerprint density at radius 3 is 2.39 bits per heavy atom. The Morgan fingerprint density at radius 2 is 1.68 bits per heavy atom. The van der Waals surface area contributed by atoms with Crippen LogP contribution in [0.3, 0.4) is 0 Å². The summed E-state index contributed by atoms with van der Waals surface area (Å²) in [4.78, 5) is 12.2. The average molecular weight is 414 g/mol. The van der Waals surface area contributed by atoms with Crippen LogP contribution in [0.5, 0.6) is 0 Å². The molecule has 0 saturated carbocycles. The van der Waals surface area contributed by atoms with Crippen molar-refractivity contribution >= 4 is 12.2 Å². The van der Waals surface area contributed by atoms with E-state index in [1.165, 1.54) is 22.3 Å². The van der Waals surface area contributed by atoms with Crippen molar-refractivity contribution in [3.8, 4) is 11.1 Å². The molecular formula is C27H27NO3. The lowest BCUT2D eigenvalue weighted by atomic mass is 9.98. The monoisotopic (exact) mass is 413 g/mol. The van der Waals surface area contributed by atoms with Crippen LogP contribution in [0.15, 0.2) is 78.9 Å². The van der Waals surface area contributed by atoms with Crippen LogP contribution in [-0.4, -0.2) is 31.0 Å². The highest BCUT2D eigenvalue weighted by atomic mass is 16.5.